The van der Waals surface area contributed by atoms with Crippen LogP contribution in [0.15, 0.2) is 30.3 Å². The van der Waals surface area contributed by atoms with Gasteiger partial charge in [0.1, 0.15) is 0 Å². The minimum atomic E-state index is 0.488. The van der Waals surface area contributed by atoms with Crippen LogP contribution in [0, 0.1) is 5.92 Å². The van der Waals surface area contributed by atoms with Gasteiger partial charge in [-0.1, -0.05) is 30.3 Å². The largest absolute Gasteiger partial charge is 0.382 e. The topological polar surface area (TPSA) is 18.5 Å². The van der Waals surface area contributed by atoms with Crippen LogP contribution in [0.1, 0.15) is 12.0 Å². The number of methoxy groups -OCH3 is 1. The molecule has 17 heavy (non-hydrogen) atoms. The maximum Gasteiger partial charge on any atom is 0.0700 e. The summed E-state index contributed by atoms with van der Waals surface area (Å²) in [6.07, 6.45) is 2.03. The summed E-state index contributed by atoms with van der Waals surface area (Å²) in [4.78, 5) is 0. The predicted octanol–water partition coefficient (Wildman–Crippen LogP) is 3.14. The lowest BCUT2D eigenvalue weighted by atomic mass is 9.98. The van der Waals surface area contributed by atoms with Gasteiger partial charge in [0.05, 0.1) is 13.2 Å². The second-order valence-corrected chi connectivity index (χ2v) is 4.41. The van der Waals surface area contributed by atoms with Gasteiger partial charge in [0.15, 0.2) is 0 Å². The van der Waals surface area contributed by atoms with Crippen LogP contribution in [-0.2, 0) is 15.9 Å². The van der Waals surface area contributed by atoms with Crippen molar-refractivity contribution >= 4 is 11.6 Å². The zero-order valence-electron chi connectivity index (χ0n) is 10.4. The molecule has 1 rings (SSSR count). The predicted molar refractivity (Wildman–Crippen MR) is 71.7 cm³/mol. The van der Waals surface area contributed by atoms with Crippen molar-refractivity contribution < 1.29 is 9.47 Å². The first-order chi connectivity index (χ1) is 8.36. The Morgan fingerprint density at radius 3 is 2.53 bits per heavy atom. The molecule has 3 heteroatoms. The van der Waals surface area contributed by atoms with Crippen LogP contribution in [-0.4, -0.2) is 32.8 Å². The number of rotatable bonds is 9. The Morgan fingerprint density at radius 2 is 1.88 bits per heavy atom. The van der Waals surface area contributed by atoms with E-state index >= 15 is 0 Å². The van der Waals surface area contributed by atoms with Crippen molar-refractivity contribution in [3.8, 4) is 0 Å². The van der Waals surface area contributed by atoms with E-state index in [1.165, 1.54) is 5.56 Å². The van der Waals surface area contributed by atoms with Crippen LogP contribution in [0.3, 0.4) is 0 Å². The molecule has 0 bridgehead atoms. The van der Waals surface area contributed by atoms with Crippen LogP contribution in [0.25, 0.3) is 0 Å². The average molecular weight is 257 g/mol. The normalized spacial score (nSPS) is 12.6. The lowest BCUT2D eigenvalue weighted by Crippen LogP contribution is -2.11. The fraction of sp³-hybridized carbons (Fsp3) is 0.571. The highest BCUT2D eigenvalue weighted by Crippen LogP contribution is 2.14. The van der Waals surface area contributed by atoms with E-state index in [0.717, 1.165) is 19.4 Å². The molecule has 0 heterocycles. The third-order valence-corrected chi connectivity index (χ3v) is 3.12. The van der Waals surface area contributed by atoms with Gasteiger partial charge >= 0.3 is 0 Å². The van der Waals surface area contributed by atoms with Crippen molar-refractivity contribution in [3.05, 3.63) is 35.9 Å². The highest BCUT2D eigenvalue weighted by Gasteiger charge is 2.08. The van der Waals surface area contributed by atoms with Crippen molar-refractivity contribution in [2.24, 2.45) is 5.92 Å². The maximum atomic E-state index is 5.98. The minimum absolute atomic E-state index is 0.488. The third kappa shape index (κ3) is 6.67. The second kappa shape index (κ2) is 9.46. The Morgan fingerprint density at radius 1 is 1.12 bits per heavy atom. The van der Waals surface area contributed by atoms with Crippen molar-refractivity contribution in [2.45, 2.75) is 12.8 Å². The molecular weight excluding hydrogens is 236 g/mol. The van der Waals surface area contributed by atoms with Gasteiger partial charge in [-0.3, -0.25) is 0 Å². The Bertz CT molecular complexity index is 277. The summed E-state index contributed by atoms with van der Waals surface area (Å²) in [7, 11) is 1.68. The number of ether oxygens (including phenoxy) is 2. The molecule has 2 nitrogen and oxygen atoms in total. The van der Waals surface area contributed by atoms with Gasteiger partial charge in [0, 0.05) is 19.6 Å². The van der Waals surface area contributed by atoms with Crippen molar-refractivity contribution in [3.63, 3.8) is 0 Å². The number of hydrogen-bond donors (Lipinski definition) is 0. The fourth-order valence-corrected chi connectivity index (χ4v) is 1.94. The molecule has 1 aromatic rings. The molecule has 0 aliphatic rings. The molecular formula is C14H21ClO2. The molecule has 0 aromatic heterocycles. The van der Waals surface area contributed by atoms with Gasteiger partial charge in [0.2, 0.25) is 0 Å². The summed E-state index contributed by atoms with van der Waals surface area (Å²) in [6, 6.07) is 10.5. The SMILES string of the molecule is COCCOCCC(CCl)Cc1ccccc1. The summed E-state index contributed by atoms with van der Waals surface area (Å²) in [5, 5.41) is 0. The highest BCUT2D eigenvalue weighted by atomic mass is 35.5. The molecule has 96 valence electrons. The zero-order chi connectivity index (χ0) is 12.3. The standard InChI is InChI=1S/C14H21ClO2/c1-16-9-10-17-8-7-14(12-15)11-13-5-3-2-4-6-13/h2-6,14H,7-12H2,1H3. The van der Waals surface area contributed by atoms with Gasteiger partial charge in [0.25, 0.3) is 0 Å². The Balaban J connectivity index is 2.20. The van der Waals surface area contributed by atoms with E-state index in [9.17, 15) is 0 Å². The number of hydrogen-bond acceptors (Lipinski definition) is 2. The van der Waals surface area contributed by atoms with Crippen LogP contribution < -0.4 is 0 Å². The van der Waals surface area contributed by atoms with Crippen LogP contribution in [0.2, 0.25) is 0 Å². The van der Waals surface area contributed by atoms with Gasteiger partial charge in [-0.25, -0.2) is 0 Å². The Kier molecular flexibility index (Phi) is 8.06. The Labute approximate surface area is 109 Å². The first kappa shape index (κ1) is 14.5. The molecule has 1 aromatic carbocycles. The lowest BCUT2D eigenvalue weighted by Gasteiger charge is -2.14. The molecule has 0 fully saturated rings. The lowest BCUT2D eigenvalue weighted by molar-refractivity contribution is 0.0647. The van der Waals surface area contributed by atoms with Crippen molar-refractivity contribution in [1.82, 2.24) is 0 Å². The molecule has 0 amide bonds. The van der Waals surface area contributed by atoms with E-state index in [1.54, 1.807) is 7.11 Å². The van der Waals surface area contributed by atoms with Gasteiger partial charge in [-0.05, 0) is 24.3 Å². The fourth-order valence-electron chi connectivity index (χ4n) is 1.68. The van der Waals surface area contributed by atoms with Gasteiger partial charge in [-0.15, -0.1) is 11.6 Å². The average Bonchev–Trinajstić information content (AvgIpc) is 2.38. The molecule has 0 spiro atoms. The van der Waals surface area contributed by atoms with Crippen LogP contribution in [0.4, 0.5) is 0 Å². The molecule has 0 N–H and O–H groups in total. The number of alkyl halides is 1. The summed E-state index contributed by atoms with van der Waals surface area (Å²) < 4.78 is 10.4. The van der Waals surface area contributed by atoms with E-state index < -0.39 is 0 Å². The quantitative estimate of drug-likeness (QED) is 0.499. The smallest absolute Gasteiger partial charge is 0.0700 e. The van der Waals surface area contributed by atoms with Gasteiger partial charge < -0.3 is 9.47 Å². The van der Waals surface area contributed by atoms with Crippen molar-refractivity contribution in [2.75, 3.05) is 32.8 Å². The Hall–Kier alpha value is -0.570. The molecule has 0 aliphatic carbocycles. The maximum absolute atomic E-state index is 5.98. The van der Waals surface area contributed by atoms with E-state index in [1.807, 2.05) is 6.07 Å². The molecule has 1 atom stereocenters. The van der Waals surface area contributed by atoms with E-state index in [4.69, 9.17) is 21.1 Å². The van der Waals surface area contributed by atoms with E-state index in [0.29, 0.717) is 25.0 Å². The van der Waals surface area contributed by atoms with Crippen molar-refractivity contribution in [1.29, 1.82) is 0 Å². The molecule has 1 unspecified atom stereocenters. The summed E-state index contributed by atoms with van der Waals surface area (Å²) in [5.41, 5.74) is 1.34. The number of benzene rings is 1. The van der Waals surface area contributed by atoms with Crippen LogP contribution >= 0.6 is 11.6 Å². The number of halogens is 1. The summed E-state index contributed by atoms with van der Waals surface area (Å²) in [6.45, 7) is 2.08. The molecule has 0 aliphatic heterocycles. The molecule has 0 saturated heterocycles. The van der Waals surface area contributed by atoms with Gasteiger partial charge in [-0.2, -0.15) is 0 Å². The first-order valence-electron chi connectivity index (χ1n) is 6.03. The molecule has 0 radical (unpaired) electrons. The van der Waals surface area contributed by atoms with Crippen LogP contribution in [0.5, 0.6) is 0 Å². The van der Waals surface area contributed by atoms with E-state index in [2.05, 4.69) is 24.3 Å². The highest BCUT2D eigenvalue weighted by molar-refractivity contribution is 6.18. The van der Waals surface area contributed by atoms with E-state index in [-0.39, 0.29) is 0 Å². The summed E-state index contributed by atoms with van der Waals surface area (Å²) in [5.74, 6) is 1.17. The molecule has 0 saturated carbocycles. The zero-order valence-corrected chi connectivity index (χ0v) is 11.2. The minimum Gasteiger partial charge on any atom is -0.382 e. The monoisotopic (exact) mass is 256 g/mol. The second-order valence-electron chi connectivity index (χ2n) is 4.10. The third-order valence-electron chi connectivity index (χ3n) is 2.69. The summed E-state index contributed by atoms with van der Waals surface area (Å²) >= 11 is 5.98. The first-order valence-corrected chi connectivity index (χ1v) is 6.57.